The van der Waals surface area contributed by atoms with E-state index in [2.05, 4.69) is 0 Å². The van der Waals surface area contributed by atoms with Crippen molar-refractivity contribution in [1.29, 1.82) is 10.5 Å². The van der Waals surface area contributed by atoms with Gasteiger partial charge in [0.1, 0.15) is 12.1 Å². The zero-order valence-electron chi connectivity index (χ0n) is 6.97. The molecule has 0 atom stereocenters. The highest BCUT2D eigenvalue weighted by Gasteiger charge is 2.03. The highest BCUT2D eigenvalue weighted by molar-refractivity contribution is 5.14. The lowest BCUT2D eigenvalue weighted by molar-refractivity contribution is 0.110. The van der Waals surface area contributed by atoms with E-state index in [9.17, 15) is 0 Å². The average molecular weight is 172 g/mol. The molecule has 3 heteroatoms. The first-order valence-corrected chi connectivity index (χ1v) is 3.81. The molecule has 0 amide bonds. The summed E-state index contributed by atoms with van der Waals surface area (Å²) >= 11 is 0. The number of benzene rings is 1. The van der Waals surface area contributed by atoms with Crippen molar-refractivity contribution in [3.63, 3.8) is 0 Å². The Hall–Kier alpha value is -1.84. The molecule has 0 aliphatic carbocycles. The fraction of sp³-hybridized carbons (Fsp3) is 0.200. The highest BCUT2D eigenvalue weighted by atomic mass is 16.5. The molecule has 0 aromatic heterocycles. The predicted octanol–water partition coefficient (Wildman–Crippen LogP) is 1.62. The van der Waals surface area contributed by atoms with Gasteiger partial charge >= 0.3 is 0 Å². The van der Waals surface area contributed by atoms with Crippen molar-refractivity contribution in [2.45, 2.75) is 12.7 Å². The molecule has 0 heterocycles. The number of nitriles is 2. The maximum Gasteiger partial charge on any atom is 0.231 e. The van der Waals surface area contributed by atoms with Crippen LogP contribution in [0.1, 0.15) is 5.56 Å². The van der Waals surface area contributed by atoms with Crippen LogP contribution in [0.5, 0.6) is 0 Å². The van der Waals surface area contributed by atoms with Crippen molar-refractivity contribution in [3.05, 3.63) is 35.9 Å². The monoisotopic (exact) mass is 172 g/mol. The van der Waals surface area contributed by atoms with E-state index in [4.69, 9.17) is 15.3 Å². The molecule has 3 nitrogen and oxygen atoms in total. The summed E-state index contributed by atoms with van der Waals surface area (Å²) in [5.74, 6) is 0. The van der Waals surface area contributed by atoms with Crippen molar-refractivity contribution in [3.8, 4) is 12.1 Å². The van der Waals surface area contributed by atoms with Crippen LogP contribution >= 0.6 is 0 Å². The van der Waals surface area contributed by atoms with Crippen molar-refractivity contribution in [2.24, 2.45) is 0 Å². The lowest BCUT2D eigenvalue weighted by atomic mass is 10.2. The van der Waals surface area contributed by atoms with E-state index >= 15 is 0 Å². The van der Waals surface area contributed by atoms with Crippen LogP contribution in [0.3, 0.4) is 0 Å². The molecule has 0 saturated heterocycles. The molecule has 0 fully saturated rings. The fourth-order valence-electron chi connectivity index (χ4n) is 0.857. The van der Waals surface area contributed by atoms with E-state index in [-0.39, 0.29) is 0 Å². The van der Waals surface area contributed by atoms with Crippen LogP contribution in [-0.4, -0.2) is 6.10 Å². The lowest BCUT2D eigenvalue weighted by Crippen LogP contribution is -2.06. The van der Waals surface area contributed by atoms with E-state index in [1.807, 2.05) is 30.3 Å². The Morgan fingerprint density at radius 1 is 1.15 bits per heavy atom. The quantitative estimate of drug-likeness (QED) is 0.696. The van der Waals surface area contributed by atoms with Gasteiger partial charge in [-0.3, -0.25) is 0 Å². The minimum atomic E-state index is -0.972. The molecule has 1 aromatic carbocycles. The van der Waals surface area contributed by atoms with E-state index in [0.29, 0.717) is 6.61 Å². The molecule has 0 bridgehead atoms. The first-order valence-electron chi connectivity index (χ1n) is 3.81. The second kappa shape index (κ2) is 4.92. The zero-order chi connectivity index (χ0) is 9.52. The summed E-state index contributed by atoms with van der Waals surface area (Å²) in [4.78, 5) is 0. The predicted molar refractivity (Wildman–Crippen MR) is 46.2 cm³/mol. The van der Waals surface area contributed by atoms with E-state index in [1.165, 1.54) is 0 Å². The fourth-order valence-corrected chi connectivity index (χ4v) is 0.857. The number of nitrogens with zero attached hydrogens (tertiary/aromatic N) is 2. The minimum Gasteiger partial charge on any atom is -0.346 e. The van der Waals surface area contributed by atoms with Crippen molar-refractivity contribution in [1.82, 2.24) is 0 Å². The summed E-state index contributed by atoms with van der Waals surface area (Å²) in [5, 5.41) is 16.8. The molecule has 1 rings (SSSR count). The smallest absolute Gasteiger partial charge is 0.231 e. The van der Waals surface area contributed by atoms with Gasteiger partial charge in [-0.15, -0.1) is 0 Å². The molecule has 0 aliphatic rings. The summed E-state index contributed by atoms with van der Waals surface area (Å²) in [5.41, 5.74) is 0.956. The molecule has 0 saturated carbocycles. The highest BCUT2D eigenvalue weighted by Crippen LogP contribution is 2.02. The summed E-state index contributed by atoms with van der Waals surface area (Å²) in [6.07, 6.45) is -0.972. The molecule has 0 spiro atoms. The first-order chi connectivity index (χ1) is 6.36. The van der Waals surface area contributed by atoms with Crippen molar-refractivity contribution >= 4 is 0 Å². The molecule has 0 aliphatic heterocycles. The van der Waals surface area contributed by atoms with Gasteiger partial charge in [0, 0.05) is 0 Å². The van der Waals surface area contributed by atoms with Crippen LogP contribution in [0.15, 0.2) is 30.3 Å². The second-order valence-electron chi connectivity index (χ2n) is 2.43. The molecule has 0 unspecified atom stereocenters. The molecule has 0 radical (unpaired) electrons. The molecule has 64 valence electrons. The Morgan fingerprint density at radius 2 is 1.77 bits per heavy atom. The number of ether oxygens (including phenoxy) is 1. The number of rotatable bonds is 3. The van der Waals surface area contributed by atoms with Gasteiger partial charge in [0.2, 0.25) is 6.10 Å². The lowest BCUT2D eigenvalue weighted by Gasteiger charge is -2.02. The van der Waals surface area contributed by atoms with Gasteiger partial charge in [-0.1, -0.05) is 30.3 Å². The van der Waals surface area contributed by atoms with Gasteiger partial charge in [0.15, 0.2) is 0 Å². The maximum atomic E-state index is 8.41. The van der Waals surface area contributed by atoms with E-state index < -0.39 is 6.10 Å². The van der Waals surface area contributed by atoms with Gasteiger partial charge < -0.3 is 4.74 Å². The molecular formula is C10H8N2O. The van der Waals surface area contributed by atoms with Crippen LogP contribution < -0.4 is 0 Å². The Bertz CT molecular complexity index is 320. The molecule has 1 aromatic rings. The molecular weight excluding hydrogens is 164 g/mol. The Balaban J connectivity index is 2.45. The zero-order valence-corrected chi connectivity index (χ0v) is 6.97. The molecule has 0 N–H and O–H groups in total. The van der Waals surface area contributed by atoms with Gasteiger partial charge in [0.25, 0.3) is 0 Å². The van der Waals surface area contributed by atoms with Crippen LogP contribution in [0.4, 0.5) is 0 Å². The Morgan fingerprint density at radius 3 is 2.31 bits per heavy atom. The average Bonchev–Trinajstić information content (AvgIpc) is 2.21. The normalized spacial score (nSPS) is 9.15. The summed E-state index contributed by atoms with van der Waals surface area (Å²) in [6.45, 7) is 0.298. The van der Waals surface area contributed by atoms with E-state index in [0.717, 1.165) is 5.56 Å². The van der Waals surface area contributed by atoms with Crippen LogP contribution in [-0.2, 0) is 11.3 Å². The summed E-state index contributed by atoms with van der Waals surface area (Å²) in [6, 6.07) is 12.9. The molecule has 13 heavy (non-hydrogen) atoms. The first kappa shape index (κ1) is 9.25. The summed E-state index contributed by atoms with van der Waals surface area (Å²) < 4.78 is 5.00. The third-order valence-corrected chi connectivity index (χ3v) is 1.49. The minimum absolute atomic E-state index is 0.298. The van der Waals surface area contributed by atoms with Gasteiger partial charge in [0.05, 0.1) is 6.61 Å². The number of hydrogen-bond acceptors (Lipinski definition) is 3. The van der Waals surface area contributed by atoms with Gasteiger partial charge in [-0.25, -0.2) is 0 Å². The maximum absolute atomic E-state index is 8.41. The van der Waals surface area contributed by atoms with Crippen molar-refractivity contribution in [2.75, 3.05) is 0 Å². The number of hydrogen-bond donors (Lipinski definition) is 0. The third kappa shape index (κ3) is 2.94. The Labute approximate surface area is 76.8 Å². The largest absolute Gasteiger partial charge is 0.346 e. The topological polar surface area (TPSA) is 56.8 Å². The standard InChI is InChI=1S/C10H8N2O/c11-6-10(7-12)13-8-9-4-2-1-3-5-9/h1-5,10H,8H2. The summed E-state index contributed by atoms with van der Waals surface area (Å²) in [7, 11) is 0. The second-order valence-corrected chi connectivity index (χ2v) is 2.43. The van der Waals surface area contributed by atoms with Gasteiger partial charge in [-0.2, -0.15) is 10.5 Å². The van der Waals surface area contributed by atoms with Crippen LogP contribution in [0.2, 0.25) is 0 Å². The van der Waals surface area contributed by atoms with Gasteiger partial charge in [-0.05, 0) is 5.56 Å². The van der Waals surface area contributed by atoms with Crippen LogP contribution in [0.25, 0.3) is 0 Å². The SMILES string of the molecule is N#CC(C#N)OCc1ccccc1. The third-order valence-electron chi connectivity index (χ3n) is 1.49. The van der Waals surface area contributed by atoms with Crippen molar-refractivity contribution < 1.29 is 4.74 Å². The Kier molecular flexibility index (Phi) is 3.50. The van der Waals surface area contributed by atoms with E-state index in [1.54, 1.807) is 12.1 Å². The van der Waals surface area contributed by atoms with Crippen LogP contribution in [0, 0.1) is 22.7 Å².